The van der Waals surface area contributed by atoms with E-state index in [1.807, 2.05) is 42.5 Å². The Balaban J connectivity index is 1.55. The molecule has 23 heavy (non-hydrogen) atoms. The molecule has 5 heteroatoms. The molecule has 0 bridgehead atoms. The van der Waals surface area contributed by atoms with Crippen LogP contribution in [0.15, 0.2) is 71.5 Å². The molecular formula is C18H15N3O2. The summed E-state index contributed by atoms with van der Waals surface area (Å²) < 4.78 is 5.62. The number of amides is 1. The molecule has 2 heterocycles. The van der Waals surface area contributed by atoms with Crippen molar-refractivity contribution in [1.82, 2.24) is 15.3 Å². The number of nitrogens with zero attached hydrogens (tertiary/aromatic N) is 2. The van der Waals surface area contributed by atoms with Gasteiger partial charge in [-0.25, -0.2) is 4.98 Å². The Labute approximate surface area is 133 Å². The van der Waals surface area contributed by atoms with E-state index in [-0.39, 0.29) is 12.5 Å². The molecule has 0 aliphatic heterocycles. The highest BCUT2D eigenvalue weighted by Gasteiger charge is 2.06. The minimum atomic E-state index is -0.215. The summed E-state index contributed by atoms with van der Waals surface area (Å²) in [5.74, 6) is 0.932. The average Bonchev–Trinajstić information content (AvgIpc) is 3.09. The second-order valence-corrected chi connectivity index (χ2v) is 4.82. The van der Waals surface area contributed by atoms with Crippen LogP contribution in [0, 0.1) is 0 Å². The third-order valence-corrected chi connectivity index (χ3v) is 3.14. The third kappa shape index (κ3) is 4.14. The molecule has 0 atom stereocenters. The summed E-state index contributed by atoms with van der Waals surface area (Å²) in [4.78, 5) is 19.9. The second kappa shape index (κ2) is 7.17. The Morgan fingerprint density at radius 1 is 1.13 bits per heavy atom. The molecule has 0 unspecified atom stereocenters. The fourth-order valence-electron chi connectivity index (χ4n) is 2.00. The van der Waals surface area contributed by atoms with Crippen molar-refractivity contribution in [1.29, 1.82) is 0 Å². The molecule has 0 aliphatic rings. The molecule has 3 rings (SSSR count). The van der Waals surface area contributed by atoms with Crippen molar-refractivity contribution in [2.75, 3.05) is 0 Å². The maximum absolute atomic E-state index is 11.8. The van der Waals surface area contributed by atoms with Gasteiger partial charge in [0.15, 0.2) is 5.76 Å². The Morgan fingerprint density at radius 3 is 2.78 bits per heavy atom. The quantitative estimate of drug-likeness (QED) is 0.736. The number of carbonyl (C=O) groups is 1. The molecule has 1 amide bonds. The number of carbonyl (C=O) groups excluding carboxylic acids is 1. The predicted octanol–water partition coefficient (Wildman–Crippen LogP) is 3.07. The number of rotatable bonds is 5. The number of pyridine rings is 1. The van der Waals surface area contributed by atoms with Gasteiger partial charge in [0.1, 0.15) is 0 Å². The molecule has 1 aromatic carbocycles. The number of hydrogen-bond acceptors (Lipinski definition) is 4. The highest BCUT2D eigenvalue weighted by molar-refractivity contribution is 5.91. The Morgan fingerprint density at radius 2 is 2.00 bits per heavy atom. The lowest BCUT2D eigenvalue weighted by Gasteiger charge is -1.98. The average molecular weight is 305 g/mol. The van der Waals surface area contributed by atoms with Crippen molar-refractivity contribution in [2.24, 2.45) is 0 Å². The van der Waals surface area contributed by atoms with E-state index in [1.54, 1.807) is 24.7 Å². The van der Waals surface area contributed by atoms with E-state index in [0.717, 1.165) is 11.1 Å². The van der Waals surface area contributed by atoms with Crippen LogP contribution >= 0.6 is 0 Å². The summed E-state index contributed by atoms with van der Waals surface area (Å²) in [6.45, 7) is 0.239. The fraction of sp³-hybridized carbons (Fsp3) is 0.0556. The van der Waals surface area contributed by atoms with Gasteiger partial charge in [-0.15, -0.1) is 0 Å². The molecule has 0 radical (unpaired) electrons. The van der Waals surface area contributed by atoms with Crippen LogP contribution in [0.4, 0.5) is 0 Å². The van der Waals surface area contributed by atoms with E-state index in [9.17, 15) is 4.79 Å². The smallest absolute Gasteiger partial charge is 0.244 e. The standard InChI is InChI=1S/C18H15N3O2/c22-17(9-8-14-5-4-10-19-11-14)20-13-18-21-12-16(23-18)15-6-2-1-3-7-15/h1-12H,13H2,(H,20,22)/b9-8+. The molecule has 114 valence electrons. The number of benzene rings is 1. The first-order valence-corrected chi connectivity index (χ1v) is 7.17. The van der Waals surface area contributed by atoms with Gasteiger partial charge in [-0.1, -0.05) is 36.4 Å². The monoisotopic (exact) mass is 305 g/mol. The van der Waals surface area contributed by atoms with Gasteiger partial charge in [0.2, 0.25) is 11.8 Å². The summed E-state index contributed by atoms with van der Waals surface area (Å²) in [5, 5.41) is 2.73. The number of nitrogens with one attached hydrogen (secondary N) is 1. The van der Waals surface area contributed by atoms with Crippen LogP contribution in [0.25, 0.3) is 17.4 Å². The van der Waals surface area contributed by atoms with Crippen molar-refractivity contribution in [3.63, 3.8) is 0 Å². The van der Waals surface area contributed by atoms with E-state index in [1.165, 1.54) is 6.08 Å². The first-order chi connectivity index (χ1) is 11.3. The summed E-state index contributed by atoms with van der Waals surface area (Å²) in [6.07, 6.45) is 8.18. The first kappa shape index (κ1) is 14.7. The molecule has 0 spiro atoms. The summed E-state index contributed by atoms with van der Waals surface area (Å²) in [5.41, 5.74) is 1.82. The number of hydrogen-bond donors (Lipinski definition) is 1. The second-order valence-electron chi connectivity index (χ2n) is 4.82. The normalized spacial score (nSPS) is 10.8. The zero-order chi connectivity index (χ0) is 15.9. The van der Waals surface area contributed by atoms with E-state index < -0.39 is 0 Å². The Kier molecular flexibility index (Phi) is 4.59. The van der Waals surface area contributed by atoms with Crippen molar-refractivity contribution < 1.29 is 9.21 Å². The van der Waals surface area contributed by atoms with Crippen LogP contribution in [0.2, 0.25) is 0 Å². The van der Waals surface area contributed by atoms with Gasteiger partial charge in [0.05, 0.1) is 12.7 Å². The largest absolute Gasteiger partial charge is 0.439 e. The van der Waals surface area contributed by atoms with E-state index in [0.29, 0.717) is 11.7 Å². The zero-order valence-electron chi connectivity index (χ0n) is 12.3. The highest BCUT2D eigenvalue weighted by Crippen LogP contribution is 2.19. The highest BCUT2D eigenvalue weighted by atomic mass is 16.4. The summed E-state index contributed by atoms with van der Waals surface area (Å²) >= 11 is 0. The topological polar surface area (TPSA) is 68.0 Å². The minimum absolute atomic E-state index is 0.215. The van der Waals surface area contributed by atoms with E-state index >= 15 is 0 Å². The maximum Gasteiger partial charge on any atom is 0.244 e. The molecule has 5 nitrogen and oxygen atoms in total. The molecule has 0 saturated carbocycles. The van der Waals surface area contributed by atoms with Gasteiger partial charge < -0.3 is 9.73 Å². The SMILES string of the molecule is O=C(/C=C/c1cccnc1)NCc1ncc(-c2ccccc2)o1. The summed E-state index contributed by atoms with van der Waals surface area (Å²) in [6, 6.07) is 13.4. The van der Waals surface area contributed by atoms with Crippen LogP contribution in [0.1, 0.15) is 11.5 Å². The fourth-order valence-corrected chi connectivity index (χ4v) is 2.00. The molecule has 0 fully saturated rings. The summed E-state index contributed by atoms with van der Waals surface area (Å²) in [7, 11) is 0. The molecule has 2 aromatic heterocycles. The van der Waals surface area contributed by atoms with Crippen molar-refractivity contribution in [2.45, 2.75) is 6.54 Å². The van der Waals surface area contributed by atoms with Gasteiger partial charge in [-0.2, -0.15) is 0 Å². The molecular weight excluding hydrogens is 290 g/mol. The van der Waals surface area contributed by atoms with E-state index in [4.69, 9.17) is 4.42 Å². The number of oxazole rings is 1. The molecule has 1 N–H and O–H groups in total. The van der Waals surface area contributed by atoms with Crippen molar-refractivity contribution in [3.05, 3.63) is 78.6 Å². The van der Waals surface area contributed by atoms with Crippen LogP contribution in [-0.2, 0) is 11.3 Å². The van der Waals surface area contributed by atoms with E-state index in [2.05, 4.69) is 15.3 Å². The van der Waals surface area contributed by atoms with Crippen molar-refractivity contribution in [3.8, 4) is 11.3 Å². The Bertz CT molecular complexity index is 795. The Hall–Kier alpha value is -3.21. The third-order valence-electron chi connectivity index (χ3n) is 3.14. The first-order valence-electron chi connectivity index (χ1n) is 7.17. The number of aromatic nitrogens is 2. The lowest BCUT2D eigenvalue weighted by atomic mass is 10.2. The lowest BCUT2D eigenvalue weighted by Crippen LogP contribution is -2.20. The maximum atomic E-state index is 11.8. The predicted molar refractivity (Wildman–Crippen MR) is 87.1 cm³/mol. The van der Waals surface area contributed by atoms with Crippen LogP contribution in [-0.4, -0.2) is 15.9 Å². The van der Waals surface area contributed by atoms with Gasteiger partial charge in [-0.3, -0.25) is 9.78 Å². The van der Waals surface area contributed by atoms with Crippen LogP contribution in [0.5, 0.6) is 0 Å². The molecule has 0 aliphatic carbocycles. The zero-order valence-corrected chi connectivity index (χ0v) is 12.3. The molecule has 0 saturated heterocycles. The van der Waals surface area contributed by atoms with Gasteiger partial charge in [0.25, 0.3) is 0 Å². The van der Waals surface area contributed by atoms with Crippen LogP contribution in [0.3, 0.4) is 0 Å². The lowest BCUT2D eigenvalue weighted by molar-refractivity contribution is -0.116. The van der Waals surface area contributed by atoms with Gasteiger partial charge >= 0.3 is 0 Å². The van der Waals surface area contributed by atoms with Crippen molar-refractivity contribution >= 4 is 12.0 Å². The van der Waals surface area contributed by atoms with Crippen LogP contribution < -0.4 is 5.32 Å². The van der Waals surface area contributed by atoms with Gasteiger partial charge in [0, 0.05) is 24.0 Å². The minimum Gasteiger partial charge on any atom is -0.439 e. The molecule has 3 aromatic rings. The van der Waals surface area contributed by atoms with Gasteiger partial charge in [-0.05, 0) is 17.7 Å².